The zero-order chi connectivity index (χ0) is 22.8. The first-order chi connectivity index (χ1) is 16.1. The van der Waals surface area contributed by atoms with E-state index in [1.165, 1.54) is 12.1 Å². The Labute approximate surface area is 188 Å². The second-order valence-electron chi connectivity index (χ2n) is 7.44. The largest absolute Gasteiger partial charge is 0.477 e. The van der Waals surface area contributed by atoms with Crippen molar-refractivity contribution in [2.24, 2.45) is 0 Å². The van der Waals surface area contributed by atoms with E-state index < -0.39 is 0 Å². The molecule has 0 saturated carbocycles. The number of halogens is 1. The van der Waals surface area contributed by atoms with Gasteiger partial charge in [0.1, 0.15) is 11.5 Å². The number of fused-ring (bicyclic) bond motifs is 2. The third-order valence-corrected chi connectivity index (χ3v) is 5.21. The van der Waals surface area contributed by atoms with E-state index in [1.54, 1.807) is 36.5 Å². The molecule has 0 atom stereocenters. The molecule has 5 aromatic rings. The molecule has 0 aliphatic carbocycles. The van der Waals surface area contributed by atoms with Crippen molar-refractivity contribution in [2.45, 2.75) is 13.5 Å². The number of nitrogens with one attached hydrogen (secondary N) is 1. The normalized spacial score (nSPS) is 11.1. The molecule has 3 aromatic heterocycles. The molecule has 0 saturated heterocycles. The molecule has 33 heavy (non-hydrogen) atoms. The topological polar surface area (TPSA) is 81.4 Å². The number of ether oxygens (including phenoxy) is 1. The zero-order valence-electron chi connectivity index (χ0n) is 17.8. The van der Waals surface area contributed by atoms with E-state index in [1.807, 2.05) is 35.9 Å². The second-order valence-corrected chi connectivity index (χ2v) is 7.44. The van der Waals surface area contributed by atoms with E-state index in [0.717, 1.165) is 11.2 Å². The van der Waals surface area contributed by atoms with E-state index >= 15 is 0 Å². The van der Waals surface area contributed by atoms with E-state index in [4.69, 9.17) is 4.74 Å². The summed E-state index contributed by atoms with van der Waals surface area (Å²) >= 11 is 0. The highest BCUT2D eigenvalue weighted by atomic mass is 19.1. The number of imidazole rings is 1. The van der Waals surface area contributed by atoms with E-state index in [2.05, 4.69) is 20.3 Å². The molecule has 1 amide bonds. The fraction of sp³-hybridized carbons (Fsp3) is 0.120. The fourth-order valence-electron chi connectivity index (χ4n) is 3.57. The Bertz CT molecular complexity index is 1460. The van der Waals surface area contributed by atoms with Crippen molar-refractivity contribution in [2.75, 3.05) is 6.61 Å². The van der Waals surface area contributed by atoms with Gasteiger partial charge in [-0.1, -0.05) is 6.07 Å². The van der Waals surface area contributed by atoms with Crippen LogP contribution in [0.2, 0.25) is 0 Å². The molecule has 0 radical (unpaired) electrons. The third-order valence-electron chi connectivity index (χ3n) is 5.21. The standard InChI is InChI=1S/C25H20FN5O2/c1-2-33-25-20-9-6-18(13-21(20)29-23(30-25)17-4-7-19(26)8-5-17)24(32)28-14-16-3-10-22-27-11-12-31(22)15-16/h3-13,15H,2,14H2,1H3,(H,28,32). The molecule has 3 heterocycles. The van der Waals surface area contributed by atoms with Crippen LogP contribution in [-0.2, 0) is 6.54 Å². The molecule has 0 aliphatic heterocycles. The van der Waals surface area contributed by atoms with Gasteiger partial charge in [-0.05, 0) is 61.0 Å². The van der Waals surface area contributed by atoms with Gasteiger partial charge in [-0.25, -0.2) is 14.4 Å². The lowest BCUT2D eigenvalue weighted by atomic mass is 10.1. The van der Waals surface area contributed by atoms with Gasteiger partial charge in [0.15, 0.2) is 5.82 Å². The summed E-state index contributed by atoms with van der Waals surface area (Å²) in [5.41, 5.74) is 3.50. The van der Waals surface area contributed by atoms with Crippen molar-refractivity contribution in [1.29, 1.82) is 0 Å². The summed E-state index contributed by atoms with van der Waals surface area (Å²) in [7, 11) is 0. The molecule has 0 spiro atoms. The minimum atomic E-state index is -0.337. The fourth-order valence-corrected chi connectivity index (χ4v) is 3.57. The lowest BCUT2D eigenvalue weighted by Crippen LogP contribution is -2.23. The summed E-state index contributed by atoms with van der Waals surface area (Å²) in [6.07, 6.45) is 5.52. The summed E-state index contributed by atoms with van der Waals surface area (Å²) in [4.78, 5) is 26.2. The van der Waals surface area contributed by atoms with Crippen molar-refractivity contribution in [3.63, 3.8) is 0 Å². The van der Waals surface area contributed by atoms with Crippen LogP contribution in [0.15, 0.2) is 73.2 Å². The molecule has 0 fully saturated rings. The number of aromatic nitrogens is 4. The van der Waals surface area contributed by atoms with E-state index in [-0.39, 0.29) is 11.7 Å². The molecular weight excluding hydrogens is 421 g/mol. The average Bonchev–Trinajstić information content (AvgIpc) is 3.30. The van der Waals surface area contributed by atoms with Gasteiger partial charge in [0.05, 0.1) is 17.5 Å². The van der Waals surface area contributed by atoms with Gasteiger partial charge < -0.3 is 14.5 Å². The highest BCUT2D eigenvalue weighted by molar-refractivity contribution is 5.98. The smallest absolute Gasteiger partial charge is 0.251 e. The van der Waals surface area contributed by atoms with Crippen molar-refractivity contribution in [3.05, 3.63) is 90.1 Å². The lowest BCUT2D eigenvalue weighted by Gasteiger charge is -2.11. The average molecular weight is 441 g/mol. The monoisotopic (exact) mass is 441 g/mol. The van der Waals surface area contributed by atoms with Crippen molar-refractivity contribution < 1.29 is 13.9 Å². The Morgan fingerprint density at radius 1 is 1.09 bits per heavy atom. The number of benzene rings is 2. The first-order valence-corrected chi connectivity index (χ1v) is 10.5. The summed E-state index contributed by atoms with van der Waals surface area (Å²) in [6.45, 7) is 2.67. The van der Waals surface area contributed by atoms with Crippen molar-refractivity contribution in [3.8, 4) is 17.3 Å². The molecule has 0 unspecified atom stereocenters. The van der Waals surface area contributed by atoms with Crippen molar-refractivity contribution >= 4 is 22.5 Å². The van der Waals surface area contributed by atoms with Gasteiger partial charge in [-0.2, -0.15) is 4.98 Å². The lowest BCUT2D eigenvalue weighted by molar-refractivity contribution is 0.0951. The van der Waals surface area contributed by atoms with Gasteiger partial charge in [0, 0.05) is 36.3 Å². The molecular formula is C25H20FN5O2. The molecule has 5 rings (SSSR count). The maximum Gasteiger partial charge on any atom is 0.251 e. The predicted molar refractivity (Wildman–Crippen MR) is 122 cm³/mol. The number of carbonyl (C=O) groups excluding carboxylic acids is 1. The van der Waals surface area contributed by atoms with Crippen LogP contribution in [0.1, 0.15) is 22.8 Å². The summed E-state index contributed by atoms with van der Waals surface area (Å²) in [6, 6.07) is 15.0. The summed E-state index contributed by atoms with van der Waals surface area (Å²) in [5.74, 6) is 0.262. The minimum Gasteiger partial charge on any atom is -0.477 e. The first kappa shape index (κ1) is 20.6. The molecule has 7 nitrogen and oxygen atoms in total. The van der Waals surface area contributed by atoms with Crippen LogP contribution in [-0.4, -0.2) is 31.9 Å². The highest BCUT2D eigenvalue weighted by Crippen LogP contribution is 2.27. The maximum atomic E-state index is 13.3. The third kappa shape index (κ3) is 4.23. The van der Waals surface area contributed by atoms with Gasteiger partial charge in [-0.15, -0.1) is 0 Å². The Morgan fingerprint density at radius 3 is 2.76 bits per heavy atom. The molecule has 0 aliphatic rings. The Balaban J connectivity index is 1.44. The maximum absolute atomic E-state index is 13.3. The van der Waals surface area contributed by atoms with Gasteiger partial charge in [-0.3, -0.25) is 4.79 Å². The quantitative estimate of drug-likeness (QED) is 0.422. The van der Waals surface area contributed by atoms with E-state index in [0.29, 0.717) is 46.9 Å². The molecule has 1 N–H and O–H groups in total. The van der Waals surface area contributed by atoms with Crippen LogP contribution in [0.25, 0.3) is 27.9 Å². The number of rotatable bonds is 6. The number of carbonyl (C=O) groups is 1. The van der Waals surface area contributed by atoms with Gasteiger partial charge in [0.2, 0.25) is 5.88 Å². The summed E-state index contributed by atoms with van der Waals surface area (Å²) in [5, 5.41) is 3.64. The minimum absolute atomic E-state index is 0.220. The number of pyridine rings is 1. The SMILES string of the molecule is CCOc1nc(-c2ccc(F)cc2)nc2cc(C(=O)NCc3ccc4nccn4c3)ccc12. The second kappa shape index (κ2) is 8.66. The predicted octanol–water partition coefficient (Wildman–Crippen LogP) is 4.41. The van der Waals surface area contributed by atoms with Crippen LogP contribution in [0.5, 0.6) is 5.88 Å². The highest BCUT2D eigenvalue weighted by Gasteiger charge is 2.14. The Kier molecular flexibility index (Phi) is 5.40. The number of nitrogens with zero attached hydrogens (tertiary/aromatic N) is 4. The van der Waals surface area contributed by atoms with Crippen molar-refractivity contribution in [1.82, 2.24) is 24.7 Å². The van der Waals surface area contributed by atoms with Crippen LogP contribution in [0.4, 0.5) is 4.39 Å². The van der Waals surface area contributed by atoms with Gasteiger partial charge in [0.25, 0.3) is 5.91 Å². The van der Waals surface area contributed by atoms with Crippen LogP contribution >= 0.6 is 0 Å². The van der Waals surface area contributed by atoms with Gasteiger partial charge >= 0.3 is 0 Å². The Morgan fingerprint density at radius 2 is 1.94 bits per heavy atom. The molecule has 0 bridgehead atoms. The number of hydrogen-bond donors (Lipinski definition) is 1. The van der Waals surface area contributed by atoms with Crippen LogP contribution in [0.3, 0.4) is 0 Å². The molecule has 2 aromatic carbocycles. The van der Waals surface area contributed by atoms with Crippen LogP contribution < -0.4 is 10.1 Å². The van der Waals surface area contributed by atoms with E-state index in [9.17, 15) is 9.18 Å². The zero-order valence-corrected chi connectivity index (χ0v) is 17.8. The number of hydrogen-bond acceptors (Lipinski definition) is 5. The molecule has 8 heteroatoms. The first-order valence-electron chi connectivity index (χ1n) is 10.5. The van der Waals surface area contributed by atoms with Crippen LogP contribution in [0, 0.1) is 5.82 Å². The Hall–Kier alpha value is -4.33. The molecule has 164 valence electrons. The summed E-state index contributed by atoms with van der Waals surface area (Å²) < 4.78 is 20.9. The number of amides is 1.